The molecule has 2 aromatic carbocycles. The average Bonchev–Trinajstić information content (AvgIpc) is 2.70. The van der Waals surface area contributed by atoms with Crippen LogP contribution in [0.15, 0.2) is 36.4 Å². The first-order valence-electron chi connectivity index (χ1n) is 8.70. The standard InChI is InChI=1S/C21H23NO6/c1-12(2)11-22-19(23)13-5-7-16(18(9-13)21(26)28-4)15-8-6-14(27-3)10-17(15)20(24)25/h5-10,12H,11H2,1-4H3,(H,22,23)(H,24,25). The molecular weight excluding hydrogens is 362 g/mol. The predicted octanol–water partition coefficient (Wildman–Crippen LogP) is 3.23. The molecule has 28 heavy (non-hydrogen) atoms. The number of nitrogens with one attached hydrogen (secondary N) is 1. The molecule has 0 saturated carbocycles. The summed E-state index contributed by atoms with van der Waals surface area (Å²) in [5, 5.41) is 12.3. The van der Waals surface area contributed by atoms with Crippen LogP contribution in [0.1, 0.15) is 44.9 Å². The van der Waals surface area contributed by atoms with Crippen molar-refractivity contribution in [3.63, 3.8) is 0 Å². The molecule has 0 bridgehead atoms. The number of carbonyl (C=O) groups excluding carboxylic acids is 2. The Labute approximate surface area is 163 Å². The lowest BCUT2D eigenvalue weighted by atomic mass is 9.93. The van der Waals surface area contributed by atoms with E-state index in [1.807, 2.05) is 13.8 Å². The van der Waals surface area contributed by atoms with Crippen LogP contribution >= 0.6 is 0 Å². The van der Waals surface area contributed by atoms with Crippen LogP contribution in [0.3, 0.4) is 0 Å². The summed E-state index contributed by atoms with van der Waals surface area (Å²) in [5.74, 6) is -1.49. The second-order valence-electron chi connectivity index (χ2n) is 6.57. The summed E-state index contributed by atoms with van der Waals surface area (Å²) in [5.41, 5.74) is 1.04. The summed E-state index contributed by atoms with van der Waals surface area (Å²) in [4.78, 5) is 36.4. The molecule has 0 aliphatic carbocycles. The number of hydrogen-bond donors (Lipinski definition) is 2. The second-order valence-corrected chi connectivity index (χ2v) is 6.57. The highest BCUT2D eigenvalue weighted by Gasteiger charge is 2.21. The molecule has 0 radical (unpaired) electrons. The van der Waals surface area contributed by atoms with Crippen LogP contribution in [0.5, 0.6) is 5.75 Å². The molecule has 0 aliphatic heterocycles. The third-order valence-corrected chi connectivity index (χ3v) is 4.11. The van der Waals surface area contributed by atoms with E-state index in [1.165, 1.54) is 26.4 Å². The molecule has 0 fully saturated rings. The maximum Gasteiger partial charge on any atom is 0.338 e. The normalized spacial score (nSPS) is 10.5. The van der Waals surface area contributed by atoms with Crippen LogP contribution in [0.4, 0.5) is 0 Å². The van der Waals surface area contributed by atoms with E-state index < -0.39 is 11.9 Å². The van der Waals surface area contributed by atoms with Crippen molar-refractivity contribution < 1.29 is 29.0 Å². The molecule has 0 heterocycles. The van der Waals surface area contributed by atoms with Gasteiger partial charge in [-0.1, -0.05) is 19.9 Å². The monoisotopic (exact) mass is 385 g/mol. The van der Waals surface area contributed by atoms with Crippen LogP contribution < -0.4 is 10.1 Å². The molecule has 0 aromatic heterocycles. The van der Waals surface area contributed by atoms with Crippen LogP contribution in [0.2, 0.25) is 0 Å². The molecule has 1 amide bonds. The smallest absolute Gasteiger partial charge is 0.338 e. The number of hydrogen-bond acceptors (Lipinski definition) is 5. The first-order chi connectivity index (χ1) is 13.3. The molecule has 0 spiro atoms. The van der Waals surface area contributed by atoms with Crippen molar-refractivity contribution in [1.29, 1.82) is 0 Å². The number of esters is 1. The Morgan fingerprint density at radius 2 is 1.64 bits per heavy atom. The number of rotatable bonds is 7. The predicted molar refractivity (Wildman–Crippen MR) is 104 cm³/mol. The van der Waals surface area contributed by atoms with E-state index in [1.54, 1.807) is 24.3 Å². The first kappa shape index (κ1) is 21.0. The number of carboxylic acid groups (broad SMARTS) is 1. The molecule has 0 unspecified atom stereocenters. The molecule has 2 N–H and O–H groups in total. The lowest BCUT2D eigenvalue weighted by Crippen LogP contribution is -2.27. The van der Waals surface area contributed by atoms with Crippen LogP contribution in [0.25, 0.3) is 11.1 Å². The van der Waals surface area contributed by atoms with Gasteiger partial charge in [0.1, 0.15) is 5.75 Å². The van der Waals surface area contributed by atoms with Gasteiger partial charge in [-0.15, -0.1) is 0 Å². The lowest BCUT2D eigenvalue weighted by molar-refractivity contribution is 0.0600. The summed E-state index contributed by atoms with van der Waals surface area (Å²) in [7, 11) is 2.66. The number of carboxylic acids is 1. The molecule has 148 valence electrons. The highest BCUT2D eigenvalue weighted by molar-refractivity contribution is 6.05. The maximum atomic E-state index is 12.3. The third-order valence-electron chi connectivity index (χ3n) is 4.11. The van der Waals surface area contributed by atoms with Gasteiger partial charge in [0.2, 0.25) is 0 Å². The van der Waals surface area contributed by atoms with Gasteiger partial charge in [-0.25, -0.2) is 9.59 Å². The van der Waals surface area contributed by atoms with Gasteiger partial charge < -0.3 is 19.9 Å². The average molecular weight is 385 g/mol. The Morgan fingerprint density at radius 1 is 1.00 bits per heavy atom. The summed E-state index contributed by atoms with van der Waals surface area (Å²) in [6.45, 7) is 4.44. The fraction of sp³-hybridized carbons (Fsp3) is 0.286. The minimum Gasteiger partial charge on any atom is -0.497 e. The molecule has 7 nitrogen and oxygen atoms in total. The quantitative estimate of drug-likeness (QED) is 0.710. The highest BCUT2D eigenvalue weighted by atomic mass is 16.5. The Morgan fingerprint density at radius 3 is 2.21 bits per heavy atom. The summed E-state index contributed by atoms with van der Waals surface area (Å²) >= 11 is 0. The molecule has 0 saturated heterocycles. The van der Waals surface area contributed by atoms with E-state index in [4.69, 9.17) is 9.47 Å². The zero-order chi connectivity index (χ0) is 20.8. The Kier molecular flexibility index (Phi) is 6.76. The first-order valence-corrected chi connectivity index (χ1v) is 8.70. The minimum absolute atomic E-state index is 0.0264. The van der Waals surface area contributed by atoms with Gasteiger partial charge in [0.05, 0.1) is 25.3 Å². The molecule has 2 aromatic rings. The fourth-order valence-electron chi connectivity index (χ4n) is 2.66. The second kappa shape index (κ2) is 9.03. The Balaban J connectivity index is 2.57. The SMILES string of the molecule is COC(=O)c1cc(C(=O)NCC(C)C)ccc1-c1ccc(OC)cc1C(=O)O. The summed E-state index contributed by atoms with van der Waals surface area (Å²) in [6.07, 6.45) is 0. The lowest BCUT2D eigenvalue weighted by Gasteiger charge is -2.14. The van der Waals surface area contributed by atoms with Gasteiger partial charge in [-0.3, -0.25) is 4.79 Å². The molecule has 2 rings (SSSR count). The van der Waals surface area contributed by atoms with Crippen molar-refractivity contribution in [3.05, 3.63) is 53.1 Å². The number of methoxy groups -OCH3 is 2. The van der Waals surface area contributed by atoms with E-state index >= 15 is 0 Å². The van der Waals surface area contributed by atoms with Gasteiger partial charge in [0, 0.05) is 12.1 Å². The van der Waals surface area contributed by atoms with Gasteiger partial charge in [0.15, 0.2) is 0 Å². The number of benzene rings is 2. The van der Waals surface area contributed by atoms with Gasteiger partial charge >= 0.3 is 11.9 Å². The molecular formula is C21H23NO6. The van der Waals surface area contributed by atoms with E-state index in [9.17, 15) is 19.5 Å². The summed E-state index contributed by atoms with van der Waals surface area (Å²) in [6, 6.07) is 9.04. The van der Waals surface area contributed by atoms with Crippen molar-refractivity contribution >= 4 is 17.8 Å². The highest BCUT2D eigenvalue weighted by Crippen LogP contribution is 2.31. The van der Waals surface area contributed by atoms with Crippen LogP contribution in [-0.4, -0.2) is 43.7 Å². The van der Waals surface area contributed by atoms with Crippen molar-refractivity contribution in [3.8, 4) is 16.9 Å². The van der Waals surface area contributed by atoms with Crippen molar-refractivity contribution in [2.75, 3.05) is 20.8 Å². The third kappa shape index (κ3) is 4.68. The molecule has 0 aliphatic rings. The van der Waals surface area contributed by atoms with Crippen LogP contribution in [-0.2, 0) is 4.74 Å². The zero-order valence-electron chi connectivity index (χ0n) is 16.2. The topological polar surface area (TPSA) is 102 Å². The maximum absolute atomic E-state index is 12.3. The van der Waals surface area contributed by atoms with Gasteiger partial charge in [-0.05, 0) is 47.4 Å². The number of ether oxygens (including phenoxy) is 2. The number of aromatic carboxylic acids is 1. The van der Waals surface area contributed by atoms with E-state index in [0.717, 1.165) is 0 Å². The van der Waals surface area contributed by atoms with Crippen molar-refractivity contribution in [1.82, 2.24) is 5.32 Å². The van der Waals surface area contributed by atoms with Crippen molar-refractivity contribution in [2.45, 2.75) is 13.8 Å². The largest absolute Gasteiger partial charge is 0.497 e. The van der Waals surface area contributed by atoms with Crippen LogP contribution in [0, 0.1) is 5.92 Å². The number of carbonyl (C=O) groups is 3. The molecule has 0 atom stereocenters. The van der Waals surface area contributed by atoms with E-state index in [2.05, 4.69) is 5.32 Å². The van der Waals surface area contributed by atoms with Crippen molar-refractivity contribution in [2.24, 2.45) is 5.92 Å². The fourth-order valence-corrected chi connectivity index (χ4v) is 2.66. The summed E-state index contributed by atoms with van der Waals surface area (Å²) < 4.78 is 9.92. The number of amides is 1. The van der Waals surface area contributed by atoms with Gasteiger partial charge in [-0.2, -0.15) is 0 Å². The Hall–Kier alpha value is -3.35. The zero-order valence-corrected chi connectivity index (χ0v) is 16.2. The van der Waals surface area contributed by atoms with E-state index in [-0.39, 0.29) is 28.5 Å². The minimum atomic E-state index is -1.16. The van der Waals surface area contributed by atoms with Gasteiger partial charge in [0.25, 0.3) is 5.91 Å². The van der Waals surface area contributed by atoms with E-state index in [0.29, 0.717) is 23.4 Å². The Bertz CT molecular complexity index is 904. The molecule has 7 heteroatoms.